The van der Waals surface area contributed by atoms with Gasteiger partial charge >= 0.3 is 25.8 Å². The van der Waals surface area contributed by atoms with Gasteiger partial charge in [-0.1, -0.05) is 0 Å². The number of hydrogen-bond donors (Lipinski definition) is 0. The minimum absolute atomic E-state index is 0. The van der Waals surface area contributed by atoms with Crippen molar-refractivity contribution in [1.29, 1.82) is 0 Å². The average molecular weight is 211 g/mol. The first-order chi connectivity index (χ1) is 0. The molecule has 0 saturated carbocycles. The maximum absolute atomic E-state index is 0. The summed E-state index contributed by atoms with van der Waals surface area (Å²) in [6, 6.07) is 0. The monoisotopic (exact) mass is 211 g/mol. The van der Waals surface area contributed by atoms with E-state index in [1.54, 1.807) is 0 Å². The van der Waals surface area contributed by atoms with E-state index in [-0.39, 0.29) is 53.6 Å². The fraction of sp³-hybridized carbons (Fsp3) is 0. The fourth-order valence-corrected chi connectivity index (χ4v) is 0. The van der Waals surface area contributed by atoms with E-state index in [1.807, 2.05) is 0 Å². The summed E-state index contributed by atoms with van der Waals surface area (Å²) in [7, 11) is 0. The van der Waals surface area contributed by atoms with Crippen LogP contribution in [0.25, 0.3) is 0 Å². The summed E-state index contributed by atoms with van der Waals surface area (Å²) in [5.41, 5.74) is 0. The van der Waals surface area contributed by atoms with E-state index in [1.165, 1.54) is 0 Å². The first-order valence-corrected chi connectivity index (χ1v) is 0. The van der Waals surface area contributed by atoms with Gasteiger partial charge in [-0.2, -0.15) is 0 Å². The van der Waals surface area contributed by atoms with Crippen molar-refractivity contribution >= 4 is 25.8 Å². The first-order valence-electron chi connectivity index (χ1n) is 0. The van der Waals surface area contributed by atoms with Crippen LogP contribution in [0.5, 0.6) is 0 Å². The predicted molar refractivity (Wildman–Crippen MR) is 14.4 cm³/mol. The Kier molecular flexibility index (Phi) is 404. The Labute approximate surface area is 53.6 Å². The summed E-state index contributed by atoms with van der Waals surface area (Å²) in [6.45, 7) is 0. The standard InChI is InChI=1S/Co.In.2H2O.H/h;;2*1H2;. The average Bonchev–Trinajstić information content (AvgIpc) is 0. The Hall–Kier alpha value is 1.30. The van der Waals surface area contributed by atoms with Crippen LogP contribution in [0.3, 0.4) is 0 Å². The molecule has 0 unspecified atom stereocenters. The molecule has 4 heavy (non-hydrogen) atoms. The normalized spacial score (nSPS) is 0. The summed E-state index contributed by atoms with van der Waals surface area (Å²) in [6.07, 6.45) is 0. The van der Waals surface area contributed by atoms with E-state index in [2.05, 4.69) is 0 Å². The van der Waals surface area contributed by atoms with Crippen LogP contribution in [0.15, 0.2) is 0 Å². The molecule has 0 aliphatic rings. The topological polar surface area (TPSA) is 63.0 Å². The zero-order chi connectivity index (χ0) is 0. The van der Waals surface area contributed by atoms with Gasteiger partial charge < -0.3 is 11.0 Å². The Bertz CT molecular complexity index is 6.00. The quantitative estimate of drug-likeness (QED) is 0.432. The van der Waals surface area contributed by atoms with E-state index in [4.69, 9.17) is 0 Å². The van der Waals surface area contributed by atoms with Crippen molar-refractivity contribution in [3.8, 4) is 0 Å². The molecule has 0 heterocycles. The molecule has 0 aromatic rings. The number of hydrogen-bond acceptors (Lipinski definition) is 0. The molecule has 3 radical (unpaired) electrons. The van der Waals surface area contributed by atoms with Gasteiger partial charge in [-0.15, -0.1) is 0 Å². The van der Waals surface area contributed by atoms with Crippen molar-refractivity contribution in [1.82, 2.24) is 0 Å². The second-order valence-corrected chi connectivity index (χ2v) is 0. The molecule has 0 aromatic carbocycles. The summed E-state index contributed by atoms with van der Waals surface area (Å²) in [5.74, 6) is 0. The molecule has 4 N–H and O–H groups in total. The van der Waals surface area contributed by atoms with Crippen molar-refractivity contribution < 1.29 is 27.7 Å². The molecule has 29 valence electrons. The van der Waals surface area contributed by atoms with Crippen LogP contribution in [0.4, 0.5) is 0 Å². The molecule has 0 rings (SSSR count). The van der Waals surface area contributed by atoms with E-state index < -0.39 is 0 Å². The molecule has 2 nitrogen and oxygen atoms in total. The molecule has 0 bridgehead atoms. The fourth-order valence-electron chi connectivity index (χ4n) is 0. The zero-order valence-corrected chi connectivity index (χ0v) is 7.12. The van der Waals surface area contributed by atoms with Crippen LogP contribution in [0.1, 0.15) is 0 Å². The molecule has 0 atom stereocenters. The first kappa shape index (κ1) is 58.2. The van der Waals surface area contributed by atoms with Gasteiger partial charge in [0.2, 0.25) is 0 Å². The molecular formula is H5CoInO2. The molecular weight excluding hydrogens is 206 g/mol. The molecule has 0 aromatic heterocycles. The van der Waals surface area contributed by atoms with Gasteiger partial charge in [-0.05, 0) is 0 Å². The van der Waals surface area contributed by atoms with Crippen molar-refractivity contribution in [3.63, 3.8) is 0 Å². The van der Waals surface area contributed by atoms with Crippen LogP contribution < -0.4 is 0 Å². The second-order valence-electron chi connectivity index (χ2n) is 0. The van der Waals surface area contributed by atoms with Crippen molar-refractivity contribution in [2.24, 2.45) is 0 Å². The van der Waals surface area contributed by atoms with Crippen LogP contribution >= 0.6 is 0 Å². The van der Waals surface area contributed by atoms with Gasteiger partial charge in [-0.3, -0.25) is 0 Å². The molecule has 0 spiro atoms. The third kappa shape index (κ3) is 10.3. The van der Waals surface area contributed by atoms with Gasteiger partial charge in [0.1, 0.15) is 0 Å². The van der Waals surface area contributed by atoms with Gasteiger partial charge in [0, 0.05) is 16.8 Å². The summed E-state index contributed by atoms with van der Waals surface area (Å²) in [4.78, 5) is 0. The molecule has 0 amide bonds. The Morgan fingerprint density at radius 1 is 0.750 bits per heavy atom. The van der Waals surface area contributed by atoms with Crippen molar-refractivity contribution in [2.75, 3.05) is 0 Å². The minimum atomic E-state index is 0. The maximum atomic E-state index is 0. The van der Waals surface area contributed by atoms with Crippen LogP contribution in [-0.2, 0) is 16.8 Å². The third-order valence-corrected chi connectivity index (χ3v) is 0. The van der Waals surface area contributed by atoms with Crippen LogP contribution in [0, 0.1) is 0 Å². The van der Waals surface area contributed by atoms with E-state index in [0.717, 1.165) is 0 Å². The van der Waals surface area contributed by atoms with Crippen molar-refractivity contribution in [3.05, 3.63) is 0 Å². The number of rotatable bonds is 0. The zero-order valence-electron chi connectivity index (χ0n) is 2.04. The Morgan fingerprint density at radius 2 is 0.750 bits per heavy atom. The van der Waals surface area contributed by atoms with Crippen molar-refractivity contribution in [2.45, 2.75) is 0 Å². The van der Waals surface area contributed by atoms with Gasteiger partial charge in [0.15, 0.2) is 0 Å². The van der Waals surface area contributed by atoms with Crippen LogP contribution in [-0.4, -0.2) is 36.8 Å². The summed E-state index contributed by atoms with van der Waals surface area (Å²) in [5, 5.41) is 0. The Balaban J connectivity index is 0. The molecule has 0 fully saturated rings. The van der Waals surface area contributed by atoms with Crippen LogP contribution in [0.2, 0.25) is 0 Å². The molecule has 0 aliphatic carbocycles. The summed E-state index contributed by atoms with van der Waals surface area (Å²) >= 11 is 0. The third-order valence-electron chi connectivity index (χ3n) is 0. The SMILES string of the molecule is O.O.[Co].[InH]. The molecule has 0 aliphatic heterocycles. The van der Waals surface area contributed by atoms with E-state index >= 15 is 0 Å². The van der Waals surface area contributed by atoms with Gasteiger partial charge in [-0.25, -0.2) is 0 Å². The van der Waals surface area contributed by atoms with Gasteiger partial charge in [0.25, 0.3) is 0 Å². The Morgan fingerprint density at radius 3 is 0.750 bits per heavy atom. The van der Waals surface area contributed by atoms with E-state index in [9.17, 15) is 0 Å². The van der Waals surface area contributed by atoms with E-state index in [0.29, 0.717) is 0 Å². The molecule has 4 heteroatoms. The predicted octanol–water partition coefficient (Wildman–Crippen LogP) is -2.30. The molecule has 0 saturated heterocycles. The summed E-state index contributed by atoms with van der Waals surface area (Å²) < 4.78 is 0. The second kappa shape index (κ2) is 27.8. The van der Waals surface area contributed by atoms with Gasteiger partial charge in [0.05, 0.1) is 0 Å².